The normalized spacial score (nSPS) is 18.2. The van der Waals surface area contributed by atoms with Gasteiger partial charge >= 0.3 is 0 Å². The van der Waals surface area contributed by atoms with Gasteiger partial charge in [-0.25, -0.2) is 4.98 Å². The summed E-state index contributed by atoms with van der Waals surface area (Å²) in [6, 6.07) is 8.98. The zero-order chi connectivity index (χ0) is 17.6. The Bertz CT molecular complexity index is 695. The van der Waals surface area contributed by atoms with Gasteiger partial charge in [0.1, 0.15) is 5.01 Å². The predicted molar refractivity (Wildman–Crippen MR) is 104 cm³/mol. The largest absolute Gasteiger partial charge is 0.354 e. The van der Waals surface area contributed by atoms with Crippen LogP contribution < -0.4 is 5.32 Å². The minimum atomic E-state index is 0.0606. The molecule has 1 aromatic heterocycles. The average molecular weight is 358 g/mol. The molecule has 1 amide bonds. The van der Waals surface area contributed by atoms with Crippen LogP contribution in [0, 0.1) is 6.92 Å². The molecule has 2 heterocycles. The van der Waals surface area contributed by atoms with E-state index in [1.54, 1.807) is 11.3 Å². The van der Waals surface area contributed by atoms with Crippen LogP contribution in [0.5, 0.6) is 0 Å². The lowest BCUT2D eigenvalue weighted by molar-refractivity contribution is -0.120. The molecular weight excluding hydrogens is 330 g/mol. The lowest BCUT2D eigenvalue weighted by Crippen LogP contribution is -2.42. The van der Waals surface area contributed by atoms with Crippen molar-refractivity contribution in [1.29, 1.82) is 0 Å². The van der Waals surface area contributed by atoms with E-state index < -0.39 is 0 Å². The smallest absolute Gasteiger partial charge is 0.226 e. The fourth-order valence-electron chi connectivity index (χ4n) is 3.27. The van der Waals surface area contributed by atoms with Crippen molar-refractivity contribution in [3.8, 4) is 10.6 Å². The molecule has 1 fully saturated rings. The number of rotatable bonds is 6. The van der Waals surface area contributed by atoms with Crippen molar-refractivity contribution in [2.45, 2.75) is 45.6 Å². The lowest BCUT2D eigenvalue weighted by Gasteiger charge is -2.33. The van der Waals surface area contributed by atoms with Gasteiger partial charge < -0.3 is 5.32 Å². The number of nitrogens with zero attached hydrogens (tertiary/aromatic N) is 2. The molecule has 1 N–H and O–H groups in total. The third-order valence-electron chi connectivity index (χ3n) is 4.85. The summed E-state index contributed by atoms with van der Waals surface area (Å²) < 4.78 is 0. The summed E-state index contributed by atoms with van der Waals surface area (Å²) in [5.41, 5.74) is 3.20. The van der Waals surface area contributed by atoms with Gasteiger partial charge in [-0.15, -0.1) is 11.3 Å². The van der Waals surface area contributed by atoms with Crippen LogP contribution in [0.15, 0.2) is 29.6 Å². The number of amides is 1. The van der Waals surface area contributed by atoms with Gasteiger partial charge in [0.05, 0.1) is 12.1 Å². The molecule has 4 nitrogen and oxygen atoms in total. The Morgan fingerprint density at radius 1 is 1.32 bits per heavy atom. The molecule has 0 radical (unpaired) electrons. The number of likely N-dealkylation sites (tertiary alicyclic amines) is 1. The molecule has 1 aromatic carbocycles. The molecule has 2 aromatic rings. The standard InChI is InChI=1S/C20H27N3OS/c1-15-6-8-17(9-7-15)20-22-18(14-25-20)13-19(24)21-10-12-23-11-4-3-5-16(23)2/h6-9,14,16H,3-5,10-13H2,1-2H3,(H,21,24). The Morgan fingerprint density at radius 2 is 2.12 bits per heavy atom. The molecule has 1 aliphatic heterocycles. The number of carbonyl (C=O) groups excluding carboxylic acids is 1. The molecule has 0 saturated carbocycles. The van der Waals surface area contributed by atoms with E-state index in [-0.39, 0.29) is 5.91 Å². The molecule has 0 spiro atoms. The van der Waals surface area contributed by atoms with Crippen molar-refractivity contribution >= 4 is 17.2 Å². The van der Waals surface area contributed by atoms with Crippen LogP contribution in [0.4, 0.5) is 0 Å². The maximum atomic E-state index is 12.2. The highest BCUT2D eigenvalue weighted by Crippen LogP contribution is 2.24. The zero-order valence-corrected chi connectivity index (χ0v) is 15.9. The Kier molecular flexibility index (Phi) is 6.21. The summed E-state index contributed by atoms with van der Waals surface area (Å²) in [6.45, 7) is 7.18. The second-order valence-electron chi connectivity index (χ2n) is 6.92. The minimum Gasteiger partial charge on any atom is -0.354 e. The van der Waals surface area contributed by atoms with Gasteiger partial charge in [0.25, 0.3) is 0 Å². The van der Waals surface area contributed by atoms with E-state index in [9.17, 15) is 4.79 Å². The van der Waals surface area contributed by atoms with E-state index in [0.29, 0.717) is 12.5 Å². The number of aromatic nitrogens is 1. The second-order valence-corrected chi connectivity index (χ2v) is 7.78. The zero-order valence-electron chi connectivity index (χ0n) is 15.1. The Hall–Kier alpha value is -1.72. The van der Waals surface area contributed by atoms with Gasteiger partial charge in [0.15, 0.2) is 0 Å². The summed E-state index contributed by atoms with van der Waals surface area (Å²) >= 11 is 1.60. The van der Waals surface area contributed by atoms with Crippen LogP contribution in [-0.4, -0.2) is 41.5 Å². The SMILES string of the molecule is Cc1ccc(-c2nc(CC(=O)NCCN3CCCCC3C)cs2)cc1. The summed E-state index contributed by atoms with van der Waals surface area (Å²) in [6.07, 6.45) is 4.24. The first-order valence-electron chi connectivity index (χ1n) is 9.14. The van der Waals surface area contributed by atoms with Crippen molar-refractivity contribution in [3.63, 3.8) is 0 Å². The number of piperidine rings is 1. The number of carbonyl (C=O) groups is 1. The molecular formula is C20H27N3OS. The molecule has 25 heavy (non-hydrogen) atoms. The Balaban J connectivity index is 1.46. The first kappa shape index (κ1) is 18.1. The number of aryl methyl sites for hydroxylation is 1. The fourth-order valence-corrected chi connectivity index (χ4v) is 4.10. The number of thiazole rings is 1. The van der Waals surface area contributed by atoms with Crippen LogP contribution in [-0.2, 0) is 11.2 Å². The number of benzene rings is 1. The number of hydrogen-bond donors (Lipinski definition) is 1. The Morgan fingerprint density at radius 3 is 2.88 bits per heavy atom. The van der Waals surface area contributed by atoms with E-state index in [1.165, 1.54) is 24.8 Å². The number of hydrogen-bond acceptors (Lipinski definition) is 4. The van der Waals surface area contributed by atoms with Crippen LogP contribution in [0.25, 0.3) is 10.6 Å². The van der Waals surface area contributed by atoms with E-state index in [0.717, 1.165) is 35.9 Å². The van der Waals surface area contributed by atoms with E-state index >= 15 is 0 Å². The van der Waals surface area contributed by atoms with Gasteiger partial charge in [-0.05, 0) is 33.2 Å². The molecule has 0 aliphatic carbocycles. The van der Waals surface area contributed by atoms with Crippen molar-refractivity contribution in [2.75, 3.05) is 19.6 Å². The van der Waals surface area contributed by atoms with Crippen molar-refractivity contribution in [1.82, 2.24) is 15.2 Å². The topological polar surface area (TPSA) is 45.2 Å². The van der Waals surface area contributed by atoms with Crippen LogP contribution in [0.2, 0.25) is 0 Å². The van der Waals surface area contributed by atoms with Gasteiger partial charge in [-0.1, -0.05) is 36.2 Å². The van der Waals surface area contributed by atoms with Crippen LogP contribution in [0.1, 0.15) is 37.4 Å². The maximum absolute atomic E-state index is 12.2. The molecule has 1 aliphatic rings. The highest BCUT2D eigenvalue weighted by atomic mass is 32.1. The molecule has 1 unspecified atom stereocenters. The highest BCUT2D eigenvalue weighted by Gasteiger charge is 2.17. The first-order valence-corrected chi connectivity index (χ1v) is 10.0. The quantitative estimate of drug-likeness (QED) is 0.858. The molecule has 134 valence electrons. The molecule has 0 bridgehead atoms. The highest BCUT2D eigenvalue weighted by molar-refractivity contribution is 7.13. The van der Waals surface area contributed by atoms with Gasteiger partial charge in [-0.2, -0.15) is 0 Å². The van der Waals surface area contributed by atoms with Crippen molar-refractivity contribution < 1.29 is 4.79 Å². The molecule has 5 heteroatoms. The van der Waals surface area contributed by atoms with Gasteiger partial charge in [0.2, 0.25) is 5.91 Å². The third kappa shape index (κ3) is 5.13. The van der Waals surface area contributed by atoms with E-state index in [1.807, 2.05) is 5.38 Å². The summed E-state index contributed by atoms with van der Waals surface area (Å²) in [5.74, 6) is 0.0606. The van der Waals surface area contributed by atoms with Gasteiger partial charge in [0, 0.05) is 30.1 Å². The molecule has 1 saturated heterocycles. The molecule has 1 atom stereocenters. The summed E-state index contributed by atoms with van der Waals surface area (Å²) in [4.78, 5) is 19.2. The van der Waals surface area contributed by atoms with Crippen molar-refractivity contribution in [3.05, 3.63) is 40.9 Å². The minimum absolute atomic E-state index is 0.0606. The van der Waals surface area contributed by atoms with Crippen molar-refractivity contribution in [2.24, 2.45) is 0 Å². The first-order chi connectivity index (χ1) is 12.1. The average Bonchev–Trinajstić information content (AvgIpc) is 3.05. The predicted octanol–water partition coefficient (Wildman–Crippen LogP) is 3.65. The van der Waals surface area contributed by atoms with E-state index in [2.05, 4.69) is 53.3 Å². The third-order valence-corrected chi connectivity index (χ3v) is 5.79. The van der Waals surface area contributed by atoms with Gasteiger partial charge in [-0.3, -0.25) is 9.69 Å². The van der Waals surface area contributed by atoms with Crippen LogP contribution >= 0.6 is 11.3 Å². The second kappa shape index (κ2) is 8.59. The summed E-state index contributed by atoms with van der Waals surface area (Å²) in [5, 5.41) is 6.00. The lowest BCUT2D eigenvalue weighted by atomic mass is 10.0. The fraction of sp³-hybridized carbons (Fsp3) is 0.500. The summed E-state index contributed by atoms with van der Waals surface area (Å²) in [7, 11) is 0. The monoisotopic (exact) mass is 357 g/mol. The maximum Gasteiger partial charge on any atom is 0.226 e. The van der Waals surface area contributed by atoms with E-state index in [4.69, 9.17) is 0 Å². The van der Waals surface area contributed by atoms with Crippen LogP contribution in [0.3, 0.4) is 0 Å². The Labute approximate surface area is 154 Å². The molecule has 3 rings (SSSR count). The number of nitrogens with one attached hydrogen (secondary N) is 1.